The minimum absolute atomic E-state index is 0.0430. The zero-order valence-electron chi connectivity index (χ0n) is 24.4. The van der Waals surface area contributed by atoms with E-state index in [2.05, 4.69) is 38.1 Å². The molecule has 226 valence electrons. The molecular weight excluding hydrogens is 579 g/mol. The molecule has 7 rings (SSSR count). The SMILES string of the molecule is CCC1(N2CCC3(CCN(c4ncncc4Oc4ccc(F)cc4-c4ccc(C#N)cc4C4CC4)C3)C2)NC(C(=O)O)=CS1. The Kier molecular flexibility index (Phi) is 7.22. The lowest BCUT2D eigenvalue weighted by Crippen LogP contribution is -2.53. The fraction of sp³-hybridized carbons (Fsp3) is 0.394. The van der Waals surface area contributed by atoms with Gasteiger partial charge in [-0.3, -0.25) is 4.90 Å². The monoisotopic (exact) mass is 612 g/mol. The highest BCUT2D eigenvalue weighted by atomic mass is 32.2. The van der Waals surface area contributed by atoms with Gasteiger partial charge in [-0.05, 0) is 79.5 Å². The van der Waals surface area contributed by atoms with E-state index in [1.54, 1.807) is 35.5 Å². The van der Waals surface area contributed by atoms with Gasteiger partial charge in [0.15, 0.2) is 11.6 Å². The zero-order chi connectivity index (χ0) is 30.5. The number of carbonyl (C=O) groups is 1. The van der Waals surface area contributed by atoms with E-state index in [1.807, 2.05) is 12.1 Å². The molecule has 2 N–H and O–H groups in total. The smallest absolute Gasteiger partial charge is 0.352 e. The molecule has 3 aliphatic heterocycles. The predicted octanol–water partition coefficient (Wildman–Crippen LogP) is 6.05. The molecule has 3 fully saturated rings. The summed E-state index contributed by atoms with van der Waals surface area (Å²) in [5.74, 6) is 0.764. The van der Waals surface area contributed by atoms with E-state index in [-0.39, 0.29) is 16.9 Å². The van der Waals surface area contributed by atoms with E-state index < -0.39 is 11.0 Å². The Morgan fingerprint density at radius 1 is 1.18 bits per heavy atom. The number of anilines is 1. The fourth-order valence-electron chi connectivity index (χ4n) is 6.92. The molecule has 4 aliphatic rings. The second kappa shape index (κ2) is 11.1. The van der Waals surface area contributed by atoms with Crippen molar-refractivity contribution in [3.05, 3.63) is 77.0 Å². The van der Waals surface area contributed by atoms with E-state index in [0.29, 0.717) is 34.4 Å². The summed E-state index contributed by atoms with van der Waals surface area (Å²) in [6, 6.07) is 12.3. The number of nitrogens with zero attached hydrogens (tertiary/aromatic N) is 5. The summed E-state index contributed by atoms with van der Waals surface area (Å²) < 4.78 is 21.1. The van der Waals surface area contributed by atoms with Crippen LogP contribution in [0.4, 0.5) is 10.2 Å². The number of rotatable bonds is 8. The Balaban J connectivity index is 1.13. The highest BCUT2D eigenvalue weighted by molar-refractivity contribution is 8.03. The summed E-state index contributed by atoms with van der Waals surface area (Å²) in [6.45, 7) is 5.41. The number of carboxylic acid groups (broad SMARTS) is 1. The molecule has 11 heteroatoms. The van der Waals surface area contributed by atoms with Crippen molar-refractivity contribution >= 4 is 23.5 Å². The average Bonchev–Trinajstić information content (AvgIpc) is 3.44. The lowest BCUT2D eigenvalue weighted by atomic mass is 9.86. The number of halogens is 1. The molecule has 1 aromatic heterocycles. The summed E-state index contributed by atoms with van der Waals surface area (Å²) in [4.78, 5) is 24.7. The van der Waals surface area contributed by atoms with Crippen molar-refractivity contribution in [2.45, 2.75) is 49.9 Å². The minimum Gasteiger partial charge on any atom is -0.477 e. The van der Waals surface area contributed by atoms with E-state index in [1.165, 1.54) is 18.5 Å². The molecule has 0 bridgehead atoms. The highest BCUT2D eigenvalue weighted by Crippen LogP contribution is 2.50. The van der Waals surface area contributed by atoms with Crippen molar-refractivity contribution in [1.29, 1.82) is 5.26 Å². The second-order valence-electron chi connectivity index (χ2n) is 12.2. The third-order valence-corrected chi connectivity index (χ3v) is 10.8. The zero-order valence-corrected chi connectivity index (χ0v) is 25.2. The number of aromatic nitrogens is 2. The van der Waals surface area contributed by atoms with Crippen LogP contribution in [-0.2, 0) is 4.79 Å². The molecule has 2 unspecified atom stereocenters. The topological polar surface area (TPSA) is 115 Å². The molecule has 1 spiro atoms. The van der Waals surface area contributed by atoms with Gasteiger partial charge < -0.3 is 20.1 Å². The van der Waals surface area contributed by atoms with Gasteiger partial charge in [0.05, 0.1) is 17.8 Å². The van der Waals surface area contributed by atoms with Gasteiger partial charge in [-0.15, -0.1) is 0 Å². The van der Waals surface area contributed by atoms with Crippen LogP contribution in [0, 0.1) is 22.6 Å². The molecule has 0 radical (unpaired) electrons. The van der Waals surface area contributed by atoms with Crippen molar-refractivity contribution in [2.24, 2.45) is 5.41 Å². The number of ether oxygens (including phenoxy) is 1. The Hall–Kier alpha value is -4.14. The first-order chi connectivity index (χ1) is 21.3. The molecule has 1 saturated carbocycles. The van der Waals surface area contributed by atoms with Crippen LogP contribution in [0.2, 0.25) is 0 Å². The number of benzene rings is 2. The van der Waals surface area contributed by atoms with Gasteiger partial charge in [0, 0.05) is 42.6 Å². The number of thioether (sulfide) groups is 1. The predicted molar refractivity (Wildman–Crippen MR) is 166 cm³/mol. The molecule has 1 aliphatic carbocycles. The van der Waals surface area contributed by atoms with Gasteiger partial charge in [-0.1, -0.05) is 24.8 Å². The Labute approximate surface area is 259 Å². The molecule has 9 nitrogen and oxygen atoms in total. The first kappa shape index (κ1) is 28.6. The summed E-state index contributed by atoms with van der Waals surface area (Å²) in [5.41, 5.74) is 3.43. The Morgan fingerprint density at radius 2 is 2.02 bits per heavy atom. The maximum Gasteiger partial charge on any atom is 0.352 e. The highest BCUT2D eigenvalue weighted by Gasteiger charge is 2.51. The first-order valence-corrected chi connectivity index (χ1v) is 15.9. The van der Waals surface area contributed by atoms with Crippen LogP contribution in [0.15, 0.2) is 60.0 Å². The van der Waals surface area contributed by atoms with Crippen LogP contribution in [0.5, 0.6) is 11.5 Å². The molecule has 2 atom stereocenters. The van der Waals surface area contributed by atoms with E-state index in [4.69, 9.17) is 4.74 Å². The van der Waals surface area contributed by atoms with Crippen molar-refractivity contribution in [3.63, 3.8) is 0 Å². The molecule has 44 heavy (non-hydrogen) atoms. The van der Waals surface area contributed by atoms with E-state index in [9.17, 15) is 19.6 Å². The molecular formula is C33H33FN6O3S. The molecule has 3 aromatic rings. The lowest BCUT2D eigenvalue weighted by Gasteiger charge is -2.39. The van der Waals surface area contributed by atoms with Gasteiger partial charge in [0.25, 0.3) is 0 Å². The van der Waals surface area contributed by atoms with Crippen LogP contribution < -0.4 is 15.0 Å². The molecule has 2 aromatic carbocycles. The largest absolute Gasteiger partial charge is 0.477 e. The van der Waals surface area contributed by atoms with Crippen LogP contribution in [0.25, 0.3) is 11.1 Å². The van der Waals surface area contributed by atoms with Crippen molar-refractivity contribution in [3.8, 4) is 28.7 Å². The molecule has 2 saturated heterocycles. The van der Waals surface area contributed by atoms with Gasteiger partial charge in [-0.25, -0.2) is 19.2 Å². The van der Waals surface area contributed by atoms with Crippen LogP contribution in [0.3, 0.4) is 0 Å². The van der Waals surface area contributed by atoms with Gasteiger partial charge in [0.1, 0.15) is 28.6 Å². The normalized spacial score (nSPS) is 24.8. The van der Waals surface area contributed by atoms with Crippen molar-refractivity contribution in [1.82, 2.24) is 20.2 Å². The number of nitriles is 1. The maximum absolute atomic E-state index is 14.6. The van der Waals surface area contributed by atoms with Gasteiger partial charge in [0.2, 0.25) is 0 Å². The fourth-order valence-corrected chi connectivity index (χ4v) is 8.03. The average molecular weight is 613 g/mol. The third kappa shape index (κ3) is 5.16. The number of aliphatic carboxylic acids is 1. The summed E-state index contributed by atoms with van der Waals surface area (Å²) in [7, 11) is 0. The number of hydrogen-bond acceptors (Lipinski definition) is 9. The van der Waals surface area contributed by atoms with Gasteiger partial charge >= 0.3 is 5.97 Å². The van der Waals surface area contributed by atoms with Crippen LogP contribution in [-0.4, -0.2) is 57.1 Å². The number of likely N-dealkylation sites (tertiary alicyclic amines) is 1. The first-order valence-electron chi connectivity index (χ1n) is 15.0. The van der Waals surface area contributed by atoms with Crippen molar-refractivity contribution in [2.75, 3.05) is 31.1 Å². The lowest BCUT2D eigenvalue weighted by molar-refractivity contribution is -0.133. The number of carboxylic acids is 1. The third-order valence-electron chi connectivity index (χ3n) is 9.41. The standard InChI is InChI=1S/C33H33FN6O3S/c1-2-33(38-27(17-44-33)31(41)42)40-12-10-32(19-40)9-11-39(18-32)30-29(16-36-20-37-30)43-28-8-6-23(34)14-26(28)24-7-3-21(15-35)13-25(24)22-4-5-22/h3,6-8,13-14,16-17,20,22,38H,2,4-5,9-12,18-19H2,1H3,(H,41,42). The quantitative estimate of drug-likeness (QED) is 0.311. The minimum atomic E-state index is -0.933. The number of nitrogens with one attached hydrogen (secondary N) is 1. The summed E-state index contributed by atoms with van der Waals surface area (Å²) >= 11 is 1.55. The maximum atomic E-state index is 14.6. The van der Waals surface area contributed by atoms with Crippen LogP contribution in [0.1, 0.15) is 56.1 Å². The number of hydrogen-bond donors (Lipinski definition) is 2. The Bertz CT molecular complexity index is 1710. The Morgan fingerprint density at radius 3 is 2.77 bits per heavy atom. The van der Waals surface area contributed by atoms with E-state index in [0.717, 1.165) is 69.4 Å². The molecule has 4 heterocycles. The van der Waals surface area contributed by atoms with E-state index >= 15 is 0 Å². The van der Waals surface area contributed by atoms with Gasteiger partial charge in [-0.2, -0.15) is 5.26 Å². The molecule has 0 amide bonds. The second-order valence-corrected chi connectivity index (χ2v) is 13.3. The summed E-state index contributed by atoms with van der Waals surface area (Å²) in [5, 5.41) is 24.0. The van der Waals surface area contributed by atoms with Crippen LogP contribution >= 0.6 is 11.8 Å². The summed E-state index contributed by atoms with van der Waals surface area (Å²) in [6.07, 6.45) is 8.03. The van der Waals surface area contributed by atoms with Crippen molar-refractivity contribution < 1.29 is 19.0 Å².